The number of carbonyl (C=O) groups excluding carboxylic acids is 4. The minimum absolute atomic E-state index is 0. The van der Waals surface area contributed by atoms with E-state index >= 15 is 0 Å². The van der Waals surface area contributed by atoms with Gasteiger partial charge >= 0.3 is 0 Å². The molecule has 0 heterocycles. The van der Waals surface area contributed by atoms with Crippen molar-refractivity contribution in [1.82, 2.24) is 4.90 Å². The number of rotatable bonds is 6. The molecule has 12 nitrogen and oxygen atoms in total. The maximum atomic E-state index is 14.1. The number of hydrogen-bond donors (Lipinski definition) is 6. The molecule has 1 aromatic rings. The summed E-state index contributed by atoms with van der Waals surface area (Å²) in [5.41, 5.74) is 2.49. The van der Waals surface area contributed by atoms with Crippen molar-refractivity contribution in [3.05, 3.63) is 34.1 Å². The van der Waals surface area contributed by atoms with Crippen LogP contribution in [-0.4, -0.2) is 88.5 Å². The molecule has 0 unspecified atom stereocenters. The molecular weight excluding hydrogens is 556 g/mol. The summed E-state index contributed by atoms with van der Waals surface area (Å²) in [6, 6.07) is 0.443. The molecule has 1 fully saturated rings. The highest BCUT2D eigenvalue weighted by atomic mass is 16.3. The number of fused-ring (bicyclic) bond motifs is 3. The van der Waals surface area contributed by atoms with Crippen molar-refractivity contribution in [1.29, 1.82) is 0 Å². The second-order valence-corrected chi connectivity index (χ2v) is 13.1. The van der Waals surface area contributed by atoms with Crippen molar-refractivity contribution in [3.8, 4) is 5.75 Å². The number of anilines is 2. The fraction of sp³-hybridized carbons (Fsp3) is 0.548. The van der Waals surface area contributed by atoms with Crippen LogP contribution in [0, 0.1) is 17.3 Å². The van der Waals surface area contributed by atoms with Crippen molar-refractivity contribution < 1.29 is 39.6 Å². The van der Waals surface area contributed by atoms with E-state index in [1.54, 1.807) is 39.2 Å². The van der Waals surface area contributed by atoms with E-state index in [1.807, 2.05) is 20.8 Å². The summed E-state index contributed by atoms with van der Waals surface area (Å²) < 4.78 is 0. The van der Waals surface area contributed by atoms with E-state index in [4.69, 9.17) is 5.73 Å². The van der Waals surface area contributed by atoms with E-state index < -0.39 is 63.8 Å². The molecule has 43 heavy (non-hydrogen) atoms. The number of nitrogens with two attached hydrogens (primary N) is 1. The Morgan fingerprint density at radius 1 is 1.12 bits per heavy atom. The number of phenolic OH excluding ortho intramolecular Hbond substituents is 1. The SMILES string of the molecule is C.CN(C)c1cc(NC(=O)CCC(C)(C)C)c(O)c2c1C[C@H]1C[C@H]3[C@H](N(C)C)C(=O)C(C(N)=O)=C(O)[C@@]3(O)C(=O)C1=C2O. The third-order valence-corrected chi connectivity index (χ3v) is 8.56. The number of ketones is 2. The third kappa shape index (κ3) is 5.38. The number of primary amides is 1. The monoisotopic (exact) mass is 600 g/mol. The summed E-state index contributed by atoms with van der Waals surface area (Å²) in [5.74, 6) is -7.59. The van der Waals surface area contributed by atoms with Crippen LogP contribution in [0.3, 0.4) is 0 Å². The first-order valence-corrected chi connectivity index (χ1v) is 13.8. The van der Waals surface area contributed by atoms with Crippen LogP contribution in [0.1, 0.15) is 58.6 Å². The van der Waals surface area contributed by atoms with Crippen LogP contribution in [0.15, 0.2) is 23.0 Å². The average molecular weight is 601 g/mol. The van der Waals surface area contributed by atoms with E-state index in [0.29, 0.717) is 17.7 Å². The molecule has 0 spiro atoms. The molecule has 12 heteroatoms. The number of Topliss-reactive ketones (excluding diaryl/α,β-unsaturated/α-hetero) is 2. The topological polar surface area (TPSA) is 194 Å². The minimum atomic E-state index is -2.72. The van der Waals surface area contributed by atoms with Crippen LogP contribution < -0.4 is 16.0 Å². The number of aliphatic hydroxyl groups is 3. The van der Waals surface area contributed by atoms with E-state index in [0.717, 1.165) is 0 Å². The largest absolute Gasteiger partial charge is 0.508 e. The van der Waals surface area contributed by atoms with Crippen LogP contribution in [0.2, 0.25) is 0 Å². The second-order valence-electron chi connectivity index (χ2n) is 13.1. The highest BCUT2D eigenvalue weighted by Gasteiger charge is 2.64. The first-order chi connectivity index (χ1) is 19.3. The van der Waals surface area contributed by atoms with Gasteiger partial charge in [0.1, 0.15) is 22.8 Å². The number of hydrogen-bond acceptors (Lipinski definition) is 10. The lowest BCUT2D eigenvalue weighted by molar-refractivity contribution is -0.153. The predicted molar refractivity (Wildman–Crippen MR) is 163 cm³/mol. The Labute approximate surface area is 251 Å². The number of aliphatic hydroxyl groups excluding tert-OH is 2. The lowest BCUT2D eigenvalue weighted by Crippen LogP contribution is -2.65. The van der Waals surface area contributed by atoms with Gasteiger partial charge in [-0.15, -0.1) is 0 Å². The average Bonchev–Trinajstić information content (AvgIpc) is 2.85. The molecule has 2 amide bonds. The van der Waals surface area contributed by atoms with Crippen molar-refractivity contribution >= 4 is 40.5 Å². The van der Waals surface area contributed by atoms with Crippen LogP contribution in [-0.2, 0) is 25.6 Å². The fourth-order valence-electron chi connectivity index (χ4n) is 6.49. The Bertz CT molecular complexity index is 1450. The number of amides is 2. The predicted octanol–water partition coefficient (Wildman–Crippen LogP) is 2.43. The molecule has 3 aliphatic carbocycles. The zero-order valence-electron chi connectivity index (χ0n) is 25.0. The molecule has 0 bridgehead atoms. The smallest absolute Gasteiger partial charge is 0.255 e. The van der Waals surface area contributed by atoms with Crippen LogP contribution >= 0.6 is 0 Å². The van der Waals surface area contributed by atoms with Gasteiger partial charge in [0.2, 0.25) is 11.7 Å². The molecule has 0 aliphatic heterocycles. The quantitative estimate of drug-likeness (QED) is 0.209. The van der Waals surface area contributed by atoms with Crippen LogP contribution in [0.4, 0.5) is 11.4 Å². The van der Waals surface area contributed by atoms with Gasteiger partial charge in [-0.2, -0.15) is 0 Å². The standard InChI is InChI=1S/C30H40N4O8.CH4/c1-29(2,3)9-8-18(35)32-16-12-17(33(4)5)14-10-13-11-15-22(34(6)7)25(38)21(28(31)41)27(40)30(15,42)26(39)19(13)24(37)20(14)23(16)36;/h12-13,15,22,36-37,40,42H,8-11H2,1-7H3,(H2,31,41)(H,32,35);1H4/t13-,15-,22-,30-;/m0./s1. The Morgan fingerprint density at radius 2 is 1.72 bits per heavy atom. The maximum absolute atomic E-state index is 14.1. The Kier molecular flexibility index (Phi) is 8.84. The van der Waals surface area contributed by atoms with Gasteiger partial charge in [-0.25, -0.2) is 0 Å². The Balaban J connectivity index is 0.00000506. The summed E-state index contributed by atoms with van der Waals surface area (Å²) in [4.78, 5) is 55.4. The number of likely N-dealkylation sites (N-methyl/N-ethyl adjacent to an activating group) is 1. The van der Waals surface area contributed by atoms with E-state index in [2.05, 4.69) is 5.32 Å². The molecule has 1 aromatic carbocycles. The summed E-state index contributed by atoms with van der Waals surface area (Å²) >= 11 is 0. The molecule has 0 radical (unpaired) electrons. The van der Waals surface area contributed by atoms with Gasteiger partial charge in [0.15, 0.2) is 11.4 Å². The van der Waals surface area contributed by atoms with Gasteiger partial charge in [-0.3, -0.25) is 24.1 Å². The zero-order valence-corrected chi connectivity index (χ0v) is 25.0. The number of aromatic hydroxyl groups is 1. The summed E-state index contributed by atoms with van der Waals surface area (Å²) in [6.45, 7) is 6.01. The number of benzene rings is 1. The summed E-state index contributed by atoms with van der Waals surface area (Å²) in [5, 5.41) is 48.4. The van der Waals surface area contributed by atoms with Gasteiger partial charge in [-0.05, 0) is 56.3 Å². The third-order valence-electron chi connectivity index (χ3n) is 8.56. The highest BCUT2D eigenvalue weighted by Crippen LogP contribution is 2.54. The van der Waals surface area contributed by atoms with Gasteiger partial charge in [0.25, 0.3) is 5.91 Å². The molecule has 0 saturated heterocycles. The second kappa shape index (κ2) is 11.3. The zero-order chi connectivity index (χ0) is 31.6. The molecule has 236 valence electrons. The van der Waals surface area contributed by atoms with Crippen molar-refractivity contribution in [3.63, 3.8) is 0 Å². The van der Waals surface area contributed by atoms with Crippen molar-refractivity contribution in [2.45, 2.75) is 65.5 Å². The molecular formula is C31H44N4O8. The first kappa shape index (κ1) is 33.6. The van der Waals surface area contributed by atoms with E-state index in [-0.39, 0.29) is 54.8 Å². The van der Waals surface area contributed by atoms with Crippen molar-refractivity contribution in [2.75, 3.05) is 38.4 Å². The number of nitrogens with one attached hydrogen (secondary N) is 1. The van der Waals surface area contributed by atoms with Gasteiger partial charge in [0, 0.05) is 37.7 Å². The van der Waals surface area contributed by atoms with E-state index in [9.17, 15) is 39.6 Å². The lowest BCUT2D eigenvalue weighted by Gasteiger charge is -2.50. The summed E-state index contributed by atoms with van der Waals surface area (Å²) in [7, 11) is 6.61. The molecule has 4 rings (SSSR count). The summed E-state index contributed by atoms with van der Waals surface area (Å²) in [6.07, 6.45) is 0.925. The maximum Gasteiger partial charge on any atom is 0.255 e. The molecule has 0 aromatic heterocycles. The van der Waals surface area contributed by atoms with E-state index in [1.165, 1.54) is 4.90 Å². The Hall–Kier alpha value is -3.90. The van der Waals surface area contributed by atoms with Crippen LogP contribution in [0.5, 0.6) is 5.75 Å². The minimum Gasteiger partial charge on any atom is -0.508 e. The first-order valence-electron chi connectivity index (χ1n) is 13.8. The lowest BCUT2D eigenvalue weighted by atomic mass is 9.57. The normalized spacial score (nSPS) is 25.1. The van der Waals surface area contributed by atoms with Gasteiger partial charge < -0.3 is 36.4 Å². The molecule has 4 atom stereocenters. The van der Waals surface area contributed by atoms with Crippen molar-refractivity contribution in [2.24, 2.45) is 23.0 Å². The van der Waals surface area contributed by atoms with Gasteiger partial charge in [0.05, 0.1) is 17.3 Å². The molecule has 3 aliphatic rings. The Morgan fingerprint density at radius 3 is 2.23 bits per heavy atom. The number of phenols is 1. The highest BCUT2D eigenvalue weighted by molar-refractivity contribution is 6.24. The molecule has 7 N–H and O–H groups in total. The number of carbonyl (C=O) groups is 4. The molecule has 1 saturated carbocycles. The fourth-order valence-corrected chi connectivity index (χ4v) is 6.49. The number of nitrogens with zero attached hydrogens (tertiary/aromatic N) is 2. The van der Waals surface area contributed by atoms with Gasteiger partial charge in [-0.1, -0.05) is 28.2 Å². The van der Waals surface area contributed by atoms with Crippen LogP contribution in [0.25, 0.3) is 5.76 Å².